The number of nitrogen functional groups attached to an aromatic ring is 1. The first kappa shape index (κ1) is 15.6. The van der Waals surface area contributed by atoms with Crippen molar-refractivity contribution in [1.82, 2.24) is 5.32 Å². The second kappa shape index (κ2) is 5.90. The summed E-state index contributed by atoms with van der Waals surface area (Å²) in [5.41, 5.74) is 6.38. The fraction of sp³-hybridized carbons (Fsp3) is 0.308. The maximum atomic E-state index is 12.1. The van der Waals surface area contributed by atoms with Gasteiger partial charge in [0.2, 0.25) is 0 Å². The molecule has 21 heavy (non-hydrogen) atoms. The van der Waals surface area contributed by atoms with E-state index in [-0.39, 0.29) is 18.2 Å². The number of sulfone groups is 1. The molecule has 0 radical (unpaired) electrons. The van der Waals surface area contributed by atoms with Crippen molar-refractivity contribution in [3.05, 3.63) is 23.1 Å². The Kier molecular flexibility index (Phi) is 4.38. The van der Waals surface area contributed by atoms with Gasteiger partial charge in [-0.2, -0.15) is 0 Å². The van der Waals surface area contributed by atoms with Gasteiger partial charge in [0.05, 0.1) is 23.9 Å². The van der Waals surface area contributed by atoms with Gasteiger partial charge in [-0.05, 0) is 12.1 Å². The first-order chi connectivity index (χ1) is 9.83. The highest BCUT2D eigenvalue weighted by Gasteiger charge is 2.18. The second-order valence-electron chi connectivity index (χ2n) is 4.56. The van der Waals surface area contributed by atoms with Crippen LogP contribution in [0, 0.1) is 0 Å². The van der Waals surface area contributed by atoms with Crippen LogP contribution in [0.2, 0.25) is 0 Å². The van der Waals surface area contributed by atoms with E-state index in [9.17, 15) is 13.2 Å². The van der Waals surface area contributed by atoms with Crippen LogP contribution in [0.3, 0.4) is 0 Å². The predicted octanol–water partition coefficient (Wildman–Crippen LogP) is 1.27. The molecule has 0 saturated carbocycles. The molecule has 114 valence electrons. The van der Waals surface area contributed by atoms with Crippen LogP contribution in [0.5, 0.6) is 5.75 Å². The summed E-state index contributed by atoms with van der Waals surface area (Å²) in [6.07, 6.45) is 1.12. The third kappa shape index (κ3) is 3.45. The summed E-state index contributed by atoms with van der Waals surface area (Å²) in [5, 5.41) is 3.27. The van der Waals surface area contributed by atoms with Gasteiger partial charge < -0.3 is 15.8 Å². The van der Waals surface area contributed by atoms with Crippen molar-refractivity contribution in [1.29, 1.82) is 0 Å². The van der Waals surface area contributed by atoms with E-state index in [2.05, 4.69) is 5.32 Å². The topological polar surface area (TPSA) is 98.5 Å². The van der Waals surface area contributed by atoms with Gasteiger partial charge in [-0.15, -0.1) is 11.3 Å². The first-order valence-corrected chi connectivity index (χ1v) is 9.02. The highest BCUT2D eigenvalue weighted by Crippen LogP contribution is 2.39. The molecule has 0 fully saturated rings. The monoisotopic (exact) mass is 328 g/mol. The number of benzene rings is 1. The number of nitrogens with two attached hydrogens (primary N) is 1. The van der Waals surface area contributed by atoms with Crippen LogP contribution in [0.25, 0.3) is 10.1 Å². The number of carbonyl (C=O) groups excluding carboxylic acids is 1. The van der Waals surface area contributed by atoms with Crippen LogP contribution in [-0.4, -0.2) is 40.0 Å². The maximum absolute atomic E-state index is 12.1. The van der Waals surface area contributed by atoms with E-state index in [4.69, 9.17) is 10.5 Å². The minimum Gasteiger partial charge on any atom is -0.496 e. The molecule has 3 N–H and O–H groups in total. The molecule has 0 saturated heterocycles. The van der Waals surface area contributed by atoms with E-state index in [1.165, 1.54) is 18.4 Å². The van der Waals surface area contributed by atoms with Crippen molar-refractivity contribution in [2.75, 3.05) is 31.4 Å². The van der Waals surface area contributed by atoms with Gasteiger partial charge in [-0.3, -0.25) is 4.79 Å². The quantitative estimate of drug-likeness (QED) is 0.861. The summed E-state index contributed by atoms with van der Waals surface area (Å²) in [5.74, 6) is 0.128. The van der Waals surface area contributed by atoms with Gasteiger partial charge in [0.1, 0.15) is 20.5 Å². The van der Waals surface area contributed by atoms with Crippen LogP contribution >= 0.6 is 11.3 Å². The third-order valence-electron chi connectivity index (χ3n) is 2.90. The largest absolute Gasteiger partial charge is 0.496 e. The number of anilines is 1. The molecular weight excluding hydrogens is 312 g/mol. The molecule has 2 rings (SSSR count). The Morgan fingerprint density at radius 3 is 2.76 bits per heavy atom. The van der Waals surface area contributed by atoms with E-state index in [1.54, 1.807) is 6.07 Å². The van der Waals surface area contributed by atoms with Gasteiger partial charge >= 0.3 is 0 Å². The molecule has 8 heteroatoms. The summed E-state index contributed by atoms with van der Waals surface area (Å²) in [7, 11) is -1.57. The minimum absolute atomic E-state index is 0.0580. The smallest absolute Gasteiger partial charge is 0.263 e. The lowest BCUT2D eigenvalue weighted by Crippen LogP contribution is -2.28. The molecule has 0 aliphatic heterocycles. The molecule has 2 aromatic rings. The van der Waals surface area contributed by atoms with Crippen molar-refractivity contribution in [3.63, 3.8) is 0 Å². The Bertz CT molecular complexity index is 781. The van der Waals surface area contributed by atoms with Gasteiger partial charge in [-0.1, -0.05) is 6.07 Å². The standard InChI is InChI=1S/C13H16N2O4S2/c1-19-8-4-3-5-9-10(8)11(14)12(20-9)13(16)15-6-7-21(2,17)18/h3-5H,6-7,14H2,1-2H3,(H,15,16). The molecule has 1 aromatic heterocycles. The molecule has 0 aliphatic rings. The van der Waals surface area contributed by atoms with E-state index >= 15 is 0 Å². The number of amides is 1. The third-order valence-corrected chi connectivity index (χ3v) is 5.01. The fourth-order valence-corrected chi connectivity index (χ4v) is 3.44. The molecule has 0 atom stereocenters. The number of ether oxygens (including phenoxy) is 1. The zero-order valence-corrected chi connectivity index (χ0v) is 13.3. The summed E-state index contributed by atoms with van der Waals surface area (Å²) < 4.78 is 28.2. The number of fused-ring (bicyclic) bond motifs is 1. The molecule has 0 bridgehead atoms. The predicted molar refractivity (Wildman–Crippen MR) is 84.8 cm³/mol. The van der Waals surface area contributed by atoms with E-state index in [1.807, 2.05) is 12.1 Å². The number of hydrogen-bond donors (Lipinski definition) is 2. The van der Waals surface area contributed by atoms with Gasteiger partial charge in [0, 0.05) is 17.5 Å². The normalized spacial score (nSPS) is 11.5. The average molecular weight is 328 g/mol. The molecule has 1 heterocycles. The zero-order valence-electron chi connectivity index (χ0n) is 11.7. The second-order valence-corrected chi connectivity index (χ2v) is 7.88. The minimum atomic E-state index is -3.11. The van der Waals surface area contributed by atoms with Crippen LogP contribution < -0.4 is 15.8 Å². The summed E-state index contributed by atoms with van der Waals surface area (Å²) >= 11 is 1.25. The molecule has 1 aromatic carbocycles. The Morgan fingerprint density at radius 1 is 1.43 bits per heavy atom. The fourth-order valence-electron chi connectivity index (χ4n) is 1.91. The number of rotatable bonds is 5. The van der Waals surface area contributed by atoms with Crippen molar-refractivity contribution in [2.24, 2.45) is 0 Å². The van der Waals surface area contributed by atoms with E-state index in [0.29, 0.717) is 21.7 Å². The molecular formula is C13H16N2O4S2. The molecule has 0 unspecified atom stereocenters. The molecule has 6 nitrogen and oxygen atoms in total. The highest BCUT2D eigenvalue weighted by molar-refractivity contribution is 7.90. The Labute approximate surface area is 126 Å². The van der Waals surface area contributed by atoms with Crippen LogP contribution in [0.1, 0.15) is 9.67 Å². The van der Waals surface area contributed by atoms with Crippen molar-refractivity contribution < 1.29 is 17.9 Å². The lowest BCUT2D eigenvalue weighted by Gasteiger charge is -2.04. The zero-order chi connectivity index (χ0) is 15.6. The van der Waals surface area contributed by atoms with Gasteiger partial charge in [0.15, 0.2) is 0 Å². The Hall–Kier alpha value is -1.80. The average Bonchev–Trinajstić information content (AvgIpc) is 2.75. The molecule has 1 amide bonds. The number of nitrogens with one attached hydrogen (secondary N) is 1. The lowest BCUT2D eigenvalue weighted by molar-refractivity contribution is 0.0961. The molecule has 0 spiro atoms. The van der Waals surface area contributed by atoms with Gasteiger partial charge in [-0.25, -0.2) is 8.42 Å². The van der Waals surface area contributed by atoms with Gasteiger partial charge in [0.25, 0.3) is 5.91 Å². The highest BCUT2D eigenvalue weighted by atomic mass is 32.2. The van der Waals surface area contributed by atoms with E-state index < -0.39 is 9.84 Å². The summed E-state index contributed by atoms with van der Waals surface area (Å²) in [6, 6.07) is 5.45. The summed E-state index contributed by atoms with van der Waals surface area (Å²) in [4.78, 5) is 12.5. The summed E-state index contributed by atoms with van der Waals surface area (Å²) in [6.45, 7) is 0.0580. The number of hydrogen-bond acceptors (Lipinski definition) is 6. The molecule has 0 aliphatic carbocycles. The number of methoxy groups -OCH3 is 1. The van der Waals surface area contributed by atoms with Crippen LogP contribution in [0.15, 0.2) is 18.2 Å². The van der Waals surface area contributed by atoms with E-state index in [0.717, 1.165) is 11.0 Å². The van der Waals surface area contributed by atoms with Crippen molar-refractivity contribution in [3.8, 4) is 5.75 Å². The SMILES string of the molecule is COc1cccc2sc(C(=O)NCCS(C)(=O)=O)c(N)c12. The maximum Gasteiger partial charge on any atom is 0.263 e. The van der Waals surface area contributed by atoms with Crippen LogP contribution in [0.4, 0.5) is 5.69 Å². The Balaban J connectivity index is 2.26. The number of carbonyl (C=O) groups is 1. The van der Waals surface area contributed by atoms with Crippen molar-refractivity contribution in [2.45, 2.75) is 0 Å². The van der Waals surface area contributed by atoms with Crippen molar-refractivity contribution >= 4 is 42.9 Å². The number of thiophene rings is 1. The van der Waals surface area contributed by atoms with Crippen LogP contribution in [-0.2, 0) is 9.84 Å². The Morgan fingerprint density at radius 2 is 2.14 bits per heavy atom. The first-order valence-electron chi connectivity index (χ1n) is 6.14. The lowest BCUT2D eigenvalue weighted by atomic mass is 10.2.